The fraction of sp³-hybridized carbons (Fsp3) is 0.417. The molecule has 80 valence electrons. The van der Waals surface area contributed by atoms with E-state index in [0.717, 1.165) is 0 Å². The van der Waals surface area contributed by atoms with E-state index in [9.17, 15) is 9.50 Å². The molecule has 0 fully saturated rings. The van der Waals surface area contributed by atoms with Gasteiger partial charge in [-0.25, -0.2) is 4.39 Å². The van der Waals surface area contributed by atoms with E-state index in [4.69, 9.17) is 5.26 Å². The van der Waals surface area contributed by atoms with Gasteiger partial charge in [0.2, 0.25) is 0 Å². The van der Waals surface area contributed by atoms with Crippen LogP contribution in [0.5, 0.6) is 0 Å². The second-order valence-electron chi connectivity index (χ2n) is 4.32. The van der Waals surface area contributed by atoms with Crippen molar-refractivity contribution in [3.05, 3.63) is 35.6 Å². The highest BCUT2D eigenvalue weighted by Gasteiger charge is 2.41. The Morgan fingerprint density at radius 1 is 1.33 bits per heavy atom. The highest BCUT2D eigenvalue weighted by atomic mass is 19.1. The zero-order valence-corrected chi connectivity index (χ0v) is 9.08. The number of aliphatic hydroxyl groups is 1. The number of benzene rings is 1. The average molecular weight is 207 g/mol. The summed E-state index contributed by atoms with van der Waals surface area (Å²) in [6.45, 7) is 4.76. The first-order valence-corrected chi connectivity index (χ1v) is 4.71. The van der Waals surface area contributed by atoms with Gasteiger partial charge in [0.25, 0.3) is 0 Å². The average Bonchev–Trinajstić information content (AvgIpc) is 2.17. The summed E-state index contributed by atoms with van der Waals surface area (Å²) in [5, 5.41) is 19.2. The van der Waals surface area contributed by atoms with Crippen molar-refractivity contribution in [3.63, 3.8) is 0 Å². The van der Waals surface area contributed by atoms with Crippen molar-refractivity contribution in [1.29, 1.82) is 5.26 Å². The lowest BCUT2D eigenvalue weighted by Gasteiger charge is -2.34. The normalized spacial score (nSPS) is 15.5. The summed E-state index contributed by atoms with van der Waals surface area (Å²) in [5.41, 5.74) is -1.93. The van der Waals surface area contributed by atoms with Gasteiger partial charge in [-0.3, -0.25) is 0 Å². The molecule has 0 aliphatic carbocycles. The van der Waals surface area contributed by atoms with Gasteiger partial charge < -0.3 is 5.11 Å². The molecule has 0 aliphatic heterocycles. The third-order valence-corrected chi connectivity index (χ3v) is 2.88. The molecular formula is C12H14FNO. The summed E-state index contributed by atoms with van der Waals surface area (Å²) in [7, 11) is 0. The van der Waals surface area contributed by atoms with Crippen LogP contribution in [0.4, 0.5) is 4.39 Å². The maximum atomic E-state index is 13.0. The van der Waals surface area contributed by atoms with E-state index in [0.29, 0.717) is 5.56 Å². The molecule has 0 bridgehead atoms. The number of halogens is 1. The van der Waals surface area contributed by atoms with Crippen molar-refractivity contribution in [3.8, 4) is 6.07 Å². The van der Waals surface area contributed by atoms with Crippen LogP contribution in [0, 0.1) is 22.6 Å². The molecule has 1 aromatic rings. The lowest BCUT2D eigenvalue weighted by atomic mass is 9.73. The van der Waals surface area contributed by atoms with Gasteiger partial charge >= 0.3 is 0 Å². The van der Waals surface area contributed by atoms with Crippen LogP contribution >= 0.6 is 0 Å². The van der Waals surface area contributed by atoms with Gasteiger partial charge in [-0.2, -0.15) is 5.26 Å². The van der Waals surface area contributed by atoms with E-state index in [1.54, 1.807) is 19.9 Å². The predicted molar refractivity (Wildman–Crippen MR) is 55.4 cm³/mol. The van der Waals surface area contributed by atoms with Crippen LogP contribution in [0.3, 0.4) is 0 Å². The van der Waals surface area contributed by atoms with Gasteiger partial charge in [-0.15, -0.1) is 0 Å². The molecule has 0 heterocycles. The number of hydrogen-bond donors (Lipinski definition) is 1. The van der Waals surface area contributed by atoms with E-state index in [1.165, 1.54) is 25.1 Å². The van der Waals surface area contributed by atoms with Crippen molar-refractivity contribution in [2.75, 3.05) is 0 Å². The SMILES string of the molecule is CC(C)(C#N)C(C)(O)c1cccc(F)c1. The number of hydrogen-bond acceptors (Lipinski definition) is 2. The standard InChI is InChI=1S/C12H14FNO/c1-11(2,8-14)12(3,15)9-5-4-6-10(13)7-9/h4-7,15H,1-3H3. The van der Waals surface area contributed by atoms with Crippen molar-refractivity contribution in [2.24, 2.45) is 5.41 Å². The van der Waals surface area contributed by atoms with Crippen LogP contribution in [-0.2, 0) is 5.60 Å². The van der Waals surface area contributed by atoms with Crippen LogP contribution < -0.4 is 0 Å². The molecule has 0 aliphatic rings. The van der Waals surface area contributed by atoms with Crippen LogP contribution in [0.25, 0.3) is 0 Å². The molecule has 0 spiro atoms. The molecule has 15 heavy (non-hydrogen) atoms. The topological polar surface area (TPSA) is 44.0 Å². The molecule has 0 saturated carbocycles. The fourth-order valence-electron chi connectivity index (χ4n) is 1.26. The van der Waals surface area contributed by atoms with Gasteiger partial charge in [-0.05, 0) is 38.5 Å². The van der Waals surface area contributed by atoms with Crippen LogP contribution in [0.2, 0.25) is 0 Å². The molecule has 0 saturated heterocycles. The minimum atomic E-state index is -1.37. The molecule has 0 radical (unpaired) electrons. The molecule has 0 amide bonds. The van der Waals surface area contributed by atoms with Crippen LogP contribution in [0.1, 0.15) is 26.3 Å². The van der Waals surface area contributed by atoms with E-state index >= 15 is 0 Å². The maximum Gasteiger partial charge on any atom is 0.123 e. The Morgan fingerprint density at radius 3 is 2.40 bits per heavy atom. The van der Waals surface area contributed by atoms with Gasteiger partial charge in [0.15, 0.2) is 0 Å². The highest BCUT2D eigenvalue weighted by Crippen LogP contribution is 2.38. The minimum Gasteiger partial charge on any atom is -0.384 e. The molecule has 0 aromatic heterocycles. The summed E-state index contributed by atoms with van der Waals surface area (Å²) >= 11 is 0. The molecule has 3 heteroatoms. The number of nitrogens with zero attached hydrogens (tertiary/aromatic N) is 1. The van der Waals surface area contributed by atoms with Crippen molar-refractivity contribution >= 4 is 0 Å². The first-order valence-electron chi connectivity index (χ1n) is 4.71. The largest absolute Gasteiger partial charge is 0.384 e. The molecule has 1 rings (SSSR count). The van der Waals surface area contributed by atoms with Crippen LogP contribution in [0.15, 0.2) is 24.3 Å². The monoisotopic (exact) mass is 207 g/mol. The maximum absolute atomic E-state index is 13.0. The quantitative estimate of drug-likeness (QED) is 0.810. The first kappa shape index (κ1) is 11.7. The molecule has 1 aromatic carbocycles. The Hall–Kier alpha value is -1.40. The Kier molecular flexibility index (Phi) is 2.83. The van der Waals surface area contributed by atoms with Gasteiger partial charge in [0.1, 0.15) is 11.4 Å². The highest BCUT2D eigenvalue weighted by molar-refractivity contribution is 5.27. The Labute approximate surface area is 89.0 Å². The summed E-state index contributed by atoms with van der Waals surface area (Å²) in [5.74, 6) is -0.415. The Morgan fingerprint density at radius 2 is 1.93 bits per heavy atom. The van der Waals surface area contributed by atoms with E-state index in [-0.39, 0.29) is 0 Å². The molecule has 1 atom stereocenters. The minimum absolute atomic E-state index is 0.411. The third kappa shape index (κ3) is 2.00. The third-order valence-electron chi connectivity index (χ3n) is 2.88. The summed E-state index contributed by atoms with van der Waals surface area (Å²) in [6, 6.07) is 7.71. The zero-order chi connectivity index (χ0) is 11.7. The van der Waals surface area contributed by atoms with Crippen molar-refractivity contribution in [2.45, 2.75) is 26.4 Å². The van der Waals surface area contributed by atoms with Gasteiger partial charge in [-0.1, -0.05) is 12.1 Å². The van der Waals surface area contributed by atoms with Gasteiger partial charge in [0.05, 0.1) is 11.5 Å². The van der Waals surface area contributed by atoms with E-state index in [1.807, 2.05) is 6.07 Å². The van der Waals surface area contributed by atoms with Gasteiger partial charge in [0, 0.05) is 0 Å². The fourth-order valence-corrected chi connectivity index (χ4v) is 1.26. The lowest BCUT2D eigenvalue weighted by Crippen LogP contribution is -2.38. The van der Waals surface area contributed by atoms with E-state index < -0.39 is 16.8 Å². The van der Waals surface area contributed by atoms with Crippen molar-refractivity contribution in [1.82, 2.24) is 0 Å². The Balaban J connectivity index is 3.24. The predicted octanol–water partition coefficient (Wildman–Crippen LogP) is 2.58. The molecular weight excluding hydrogens is 193 g/mol. The Bertz CT molecular complexity index is 404. The number of nitriles is 1. The summed E-state index contributed by atoms with van der Waals surface area (Å²) in [4.78, 5) is 0. The molecule has 2 nitrogen and oxygen atoms in total. The van der Waals surface area contributed by atoms with E-state index in [2.05, 4.69) is 0 Å². The lowest BCUT2D eigenvalue weighted by molar-refractivity contribution is -0.0269. The smallest absolute Gasteiger partial charge is 0.123 e. The first-order chi connectivity index (χ1) is 6.81. The summed E-state index contributed by atoms with van der Waals surface area (Å²) < 4.78 is 13.0. The van der Waals surface area contributed by atoms with Crippen LogP contribution in [-0.4, -0.2) is 5.11 Å². The second kappa shape index (κ2) is 3.63. The number of rotatable bonds is 2. The zero-order valence-electron chi connectivity index (χ0n) is 9.08. The molecule has 1 N–H and O–H groups in total. The van der Waals surface area contributed by atoms with Crippen molar-refractivity contribution < 1.29 is 9.50 Å². The summed E-state index contributed by atoms with van der Waals surface area (Å²) in [6.07, 6.45) is 0. The second-order valence-corrected chi connectivity index (χ2v) is 4.32. The molecule has 1 unspecified atom stereocenters.